The molecular formula is C17H33N3O3. The zero-order valence-corrected chi connectivity index (χ0v) is 15.4. The quantitative estimate of drug-likeness (QED) is 0.461. The van der Waals surface area contributed by atoms with Gasteiger partial charge in [0.1, 0.15) is 11.6 Å². The second-order valence-electron chi connectivity index (χ2n) is 6.83. The minimum absolute atomic E-state index is 0.0668. The molecule has 0 fully saturated rings. The van der Waals surface area contributed by atoms with Crippen molar-refractivity contribution < 1.29 is 14.4 Å². The molecule has 0 rings (SSSR count). The van der Waals surface area contributed by atoms with E-state index in [4.69, 9.17) is 0 Å². The highest BCUT2D eigenvalue weighted by Crippen LogP contribution is 2.08. The van der Waals surface area contributed by atoms with Gasteiger partial charge in [0.2, 0.25) is 0 Å². The predicted molar refractivity (Wildman–Crippen MR) is 92.6 cm³/mol. The lowest BCUT2D eigenvalue weighted by atomic mass is 9.95. The maximum Gasteiger partial charge on any atom is 0.153 e. The van der Waals surface area contributed by atoms with Crippen molar-refractivity contribution in [1.82, 2.24) is 16.0 Å². The first-order valence-electron chi connectivity index (χ1n) is 8.30. The van der Waals surface area contributed by atoms with Crippen LogP contribution in [0.3, 0.4) is 0 Å². The van der Waals surface area contributed by atoms with Crippen LogP contribution in [0.15, 0.2) is 0 Å². The standard InChI is InChI=1S/C17H33N3O3/c1-12(2)16(13(3)21)19-9-8-15(23)17(4,5)20-10-7-14(22)11-18-6/h12,16,18-20H,7-11H2,1-6H3/t16-/m0/s1. The summed E-state index contributed by atoms with van der Waals surface area (Å²) in [5.41, 5.74) is -0.675. The molecule has 0 aliphatic heterocycles. The molecule has 0 unspecified atom stereocenters. The summed E-state index contributed by atoms with van der Waals surface area (Å²) in [7, 11) is 1.73. The number of hydrogen-bond acceptors (Lipinski definition) is 6. The Morgan fingerprint density at radius 1 is 1.04 bits per heavy atom. The van der Waals surface area contributed by atoms with Gasteiger partial charge in [-0.15, -0.1) is 0 Å². The first-order valence-corrected chi connectivity index (χ1v) is 8.30. The second-order valence-corrected chi connectivity index (χ2v) is 6.83. The average Bonchev–Trinajstić information content (AvgIpc) is 2.42. The Kier molecular flexibility index (Phi) is 10.1. The van der Waals surface area contributed by atoms with Crippen molar-refractivity contribution in [2.45, 2.75) is 59.0 Å². The number of Topliss-reactive ketones (excluding diaryl/α,β-unsaturated/α-hetero) is 3. The van der Waals surface area contributed by atoms with Crippen LogP contribution < -0.4 is 16.0 Å². The highest BCUT2D eigenvalue weighted by Gasteiger charge is 2.26. The third kappa shape index (κ3) is 8.93. The number of nitrogens with one attached hydrogen (secondary N) is 3. The fourth-order valence-corrected chi connectivity index (χ4v) is 2.40. The molecule has 0 aromatic heterocycles. The van der Waals surface area contributed by atoms with E-state index in [9.17, 15) is 14.4 Å². The topological polar surface area (TPSA) is 87.3 Å². The molecule has 0 aromatic carbocycles. The maximum absolute atomic E-state index is 12.3. The van der Waals surface area contributed by atoms with Crippen molar-refractivity contribution in [3.05, 3.63) is 0 Å². The van der Waals surface area contributed by atoms with Gasteiger partial charge >= 0.3 is 0 Å². The fraction of sp³-hybridized carbons (Fsp3) is 0.824. The molecule has 0 aliphatic carbocycles. The molecule has 1 atom stereocenters. The van der Waals surface area contributed by atoms with Crippen LogP contribution in [0.4, 0.5) is 0 Å². The minimum Gasteiger partial charge on any atom is -0.313 e. The van der Waals surface area contributed by atoms with Gasteiger partial charge < -0.3 is 16.0 Å². The van der Waals surface area contributed by atoms with Crippen molar-refractivity contribution in [2.24, 2.45) is 5.92 Å². The van der Waals surface area contributed by atoms with Crippen LogP contribution >= 0.6 is 0 Å². The Morgan fingerprint density at radius 3 is 2.13 bits per heavy atom. The summed E-state index contributed by atoms with van der Waals surface area (Å²) in [6, 6.07) is -0.210. The van der Waals surface area contributed by atoms with Crippen LogP contribution in [-0.2, 0) is 14.4 Å². The number of ketones is 3. The van der Waals surface area contributed by atoms with Crippen molar-refractivity contribution in [1.29, 1.82) is 0 Å². The first kappa shape index (κ1) is 21.9. The summed E-state index contributed by atoms with van der Waals surface area (Å²) in [5, 5.41) is 9.11. The third-order valence-electron chi connectivity index (χ3n) is 3.86. The van der Waals surface area contributed by atoms with Crippen LogP contribution in [0.1, 0.15) is 47.5 Å². The molecule has 23 heavy (non-hydrogen) atoms. The highest BCUT2D eigenvalue weighted by molar-refractivity contribution is 5.88. The largest absolute Gasteiger partial charge is 0.313 e. The molecule has 0 aromatic rings. The molecule has 0 saturated carbocycles. The Labute approximate surface area is 140 Å². The molecule has 3 N–H and O–H groups in total. The molecular weight excluding hydrogens is 294 g/mol. The first-order chi connectivity index (χ1) is 10.6. The summed E-state index contributed by atoms with van der Waals surface area (Å²) >= 11 is 0. The SMILES string of the molecule is CNCC(=O)CCNC(C)(C)C(=O)CCN[C@H](C(C)=O)C(C)C. The lowest BCUT2D eigenvalue weighted by molar-refractivity contribution is -0.125. The minimum atomic E-state index is -0.675. The highest BCUT2D eigenvalue weighted by atomic mass is 16.1. The third-order valence-corrected chi connectivity index (χ3v) is 3.86. The zero-order valence-electron chi connectivity index (χ0n) is 15.4. The van der Waals surface area contributed by atoms with E-state index < -0.39 is 5.54 Å². The predicted octanol–water partition coefficient (Wildman–Crippen LogP) is 0.696. The average molecular weight is 327 g/mol. The molecule has 0 heterocycles. The number of carbonyl (C=O) groups is 3. The summed E-state index contributed by atoms with van der Waals surface area (Å²) in [6.45, 7) is 10.5. The molecule has 0 amide bonds. The Morgan fingerprint density at radius 2 is 1.65 bits per heavy atom. The van der Waals surface area contributed by atoms with E-state index in [1.165, 1.54) is 0 Å². The molecule has 0 aliphatic rings. The summed E-state index contributed by atoms with van der Waals surface area (Å²) in [4.78, 5) is 35.3. The number of rotatable bonds is 13. The van der Waals surface area contributed by atoms with Crippen molar-refractivity contribution in [3.63, 3.8) is 0 Å². The van der Waals surface area contributed by atoms with Gasteiger partial charge in [-0.25, -0.2) is 0 Å². The summed E-state index contributed by atoms with van der Waals surface area (Å²) in [6.07, 6.45) is 0.747. The lowest BCUT2D eigenvalue weighted by Crippen LogP contribution is -2.49. The molecule has 0 spiro atoms. The summed E-state index contributed by atoms with van der Waals surface area (Å²) < 4.78 is 0. The number of hydrogen-bond donors (Lipinski definition) is 3. The van der Waals surface area contributed by atoms with E-state index in [-0.39, 0.29) is 29.3 Å². The van der Waals surface area contributed by atoms with Gasteiger partial charge in [0.15, 0.2) is 5.78 Å². The molecule has 0 bridgehead atoms. The van der Waals surface area contributed by atoms with Gasteiger partial charge in [-0.3, -0.25) is 14.4 Å². The van der Waals surface area contributed by atoms with E-state index in [1.807, 2.05) is 27.7 Å². The number of likely N-dealkylation sites (N-methyl/N-ethyl adjacent to an activating group) is 1. The van der Waals surface area contributed by atoms with Crippen LogP contribution in [0.5, 0.6) is 0 Å². The van der Waals surface area contributed by atoms with Crippen LogP contribution in [-0.4, -0.2) is 55.6 Å². The lowest BCUT2D eigenvalue weighted by Gasteiger charge is -2.26. The van der Waals surface area contributed by atoms with Crippen molar-refractivity contribution in [3.8, 4) is 0 Å². The van der Waals surface area contributed by atoms with E-state index in [2.05, 4.69) is 16.0 Å². The van der Waals surface area contributed by atoms with Crippen molar-refractivity contribution >= 4 is 17.3 Å². The second kappa shape index (κ2) is 10.6. The van der Waals surface area contributed by atoms with E-state index in [0.29, 0.717) is 32.5 Å². The van der Waals surface area contributed by atoms with Crippen LogP contribution in [0, 0.1) is 5.92 Å². The van der Waals surface area contributed by atoms with Crippen LogP contribution in [0.2, 0.25) is 0 Å². The number of carbonyl (C=O) groups excluding carboxylic acids is 3. The smallest absolute Gasteiger partial charge is 0.153 e. The Bertz CT molecular complexity index is 406. The Balaban J connectivity index is 4.21. The van der Waals surface area contributed by atoms with Gasteiger partial charge in [-0.2, -0.15) is 0 Å². The van der Waals surface area contributed by atoms with E-state index in [1.54, 1.807) is 14.0 Å². The molecule has 0 radical (unpaired) electrons. The van der Waals surface area contributed by atoms with Gasteiger partial charge in [0.25, 0.3) is 0 Å². The van der Waals surface area contributed by atoms with Gasteiger partial charge in [-0.05, 0) is 33.7 Å². The molecule has 6 nitrogen and oxygen atoms in total. The van der Waals surface area contributed by atoms with Gasteiger partial charge in [-0.1, -0.05) is 13.8 Å². The summed E-state index contributed by atoms with van der Waals surface area (Å²) in [5.74, 6) is 0.475. The molecule has 6 heteroatoms. The van der Waals surface area contributed by atoms with Crippen molar-refractivity contribution in [2.75, 3.05) is 26.7 Å². The van der Waals surface area contributed by atoms with Gasteiger partial charge in [0.05, 0.1) is 18.1 Å². The van der Waals surface area contributed by atoms with E-state index in [0.717, 1.165) is 0 Å². The monoisotopic (exact) mass is 327 g/mol. The fourth-order valence-electron chi connectivity index (χ4n) is 2.40. The molecule has 134 valence electrons. The van der Waals surface area contributed by atoms with Gasteiger partial charge in [0, 0.05) is 25.9 Å². The Hall–Kier alpha value is -1.11. The zero-order chi connectivity index (χ0) is 18.0. The van der Waals surface area contributed by atoms with E-state index >= 15 is 0 Å². The maximum atomic E-state index is 12.3. The van der Waals surface area contributed by atoms with Crippen LogP contribution in [0.25, 0.3) is 0 Å². The molecule has 0 saturated heterocycles. The normalized spacial score (nSPS) is 13.2.